The predicted molar refractivity (Wildman–Crippen MR) is 77.0 cm³/mol. The number of thiazole rings is 1. The molecule has 1 aliphatic rings. The molecule has 0 bridgehead atoms. The van der Waals surface area contributed by atoms with Gasteiger partial charge in [-0.3, -0.25) is 9.69 Å². The molecule has 8 heteroatoms. The van der Waals surface area contributed by atoms with E-state index in [2.05, 4.69) is 15.2 Å². The third kappa shape index (κ3) is 4.41. The van der Waals surface area contributed by atoms with Gasteiger partial charge in [-0.05, 0) is 13.0 Å². The summed E-state index contributed by atoms with van der Waals surface area (Å²) in [6.07, 6.45) is 1.01. The molecule has 1 aliphatic heterocycles. The maximum atomic E-state index is 10.7. The van der Waals surface area contributed by atoms with E-state index in [0.717, 1.165) is 50.9 Å². The lowest BCUT2D eigenvalue weighted by molar-refractivity contribution is -0.138. The van der Waals surface area contributed by atoms with E-state index >= 15 is 0 Å². The Morgan fingerprint density at radius 2 is 2.35 bits per heavy atom. The van der Waals surface area contributed by atoms with Gasteiger partial charge in [0, 0.05) is 25.0 Å². The van der Waals surface area contributed by atoms with E-state index in [0.29, 0.717) is 5.69 Å². The van der Waals surface area contributed by atoms with Crippen molar-refractivity contribution in [2.45, 2.75) is 12.5 Å². The highest BCUT2D eigenvalue weighted by Crippen LogP contribution is 2.19. The van der Waals surface area contributed by atoms with Gasteiger partial charge < -0.3 is 20.9 Å². The van der Waals surface area contributed by atoms with Gasteiger partial charge in [-0.1, -0.05) is 0 Å². The molecule has 112 valence electrons. The summed E-state index contributed by atoms with van der Waals surface area (Å²) in [5.74, 6) is -1.06. The quantitative estimate of drug-likeness (QED) is 0.625. The molecule has 1 fully saturated rings. The van der Waals surface area contributed by atoms with Crippen molar-refractivity contribution in [3.8, 4) is 0 Å². The lowest BCUT2D eigenvalue weighted by atomic mass is 10.2. The fourth-order valence-electron chi connectivity index (χ4n) is 1.96. The van der Waals surface area contributed by atoms with Crippen LogP contribution >= 0.6 is 11.3 Å². The Balaban J connectivity index is 1.67. The number of carbonyl (C=O) groups is 1. The van der Waals surface area contributed by atoms with Gasteiger partial charge in [0.25, 0.3) is 0 Å². The molecule has 0 aliphatic carbocycles. The minimum atomic E-state index is -1.06. The first-order chi connectivity index (χ1) is 9.66. The lowest BCUT2D eigenvalue weighted by Crippen LogP contribution is -2.37. The standard InChI is InChI=1S/C12H20N4O3S/c13-10(11(17)18)9-8-20-12(15-9)14-2-1-3-16-4-6-19-7-5-16/h8,10H,1-7,13H2,(H,14,15)(H,17,18). The molecule has 2 rings (SSSR count). The number of hydrogen-bond donors (Lipinski definition) is 3. The summed E-state index contributed by atoms with van der Waals surface area (Å²) < 4.78 is 5.29. The molecule has 0 spiro atoms. The van der Waals surface area contributed by atoms with Crippen molar-refractivity contribution in [1.29, 1.82) is 0 Å². The van der Waals surface area contributed by atoms with Gasteiger partial charge in [-0.2, -0.15) is 0 Å². The van der Waals surface area contributed by atoms with Gasteiger partial charge in [0.05, 0.1) is 18.9 Å². The summed E-state index contributed by atoms with van der Waals surface area (Å²) in [5.41, 5.74) is 5.90. The van der Waals surface area contributed by atoms with Crippen LogP contribution in [0.1, 0.15) is 18.2 Å². The molecular formula is C12H20N4O3S. The van der Waals surface area contributed by atoms with Crippen LogP contribution in [-0.2, 0) is 9.53 Å². The first-order valence-electron chi connectivity index (χ1n) is 6.64. The average Bonchev–Trinajstić information content (AvgIpc) is 2.92. The van der Waals surface area contributed by atoms with Crippen molar-refractivity contribution in [3.05, 3.63) is 11.1 Å². The summed E-state index contributed by atoms with van der Waals surface area (Å²) in [7, 11) is 0. The van der Waals surface area contributed by atoms with Crippen molar-refractivity contribution < 1.29 is 14.6 Å². The molecule has 0 saturated carbocycles. The number of anilines is 1. The predicted octanol–water partition coefficient (Wildman–Crippen LogP) is 0.362. The zero-order valence-corrected chi connectivity index (χ0v) is 12.1. The van der Waals surface area contributed by atoms with Crippen LogP contribution in [0.15, 0.2) is 5.38 Å². The van der Waals surface area contributed by atoms with Crippen LogP contribution in [0.2, 0.25) is 0 Å². The maximum absolute atomic E-state index is 10.7. The number of carboxylic acids is 1. The molecule has 1 atom stereocenters. The molecule has 1 unspecified atom stereocenters. The van der Waals surface area contributed by atoms with Gasteiger partial charge >= 0.3 is 5.97 Å². The molecule has 0 aromatic carbocycles. The Labute approximate surface area is 121 Å². The summed E-state index contributed by atoms with van der Waals surface area (Å²) in [6.45, 7) is 5.46. The van der Waals surface area contributed by atoms with Gasteiger partial charge in [0.15, 0.2) is 5.13 Å². The summed E-state index contributed by atoms with van der Waals surface area (Å²) in [4.78, 5) is 17.3. The highest BCUT2D eigenvalue weighted by Gasteiger charge is 2.17. The number of rotatable bonds is 7. The van der Waals surface area contributed by atoms with E-state index in [4.69, 9.17) is 15.6 Å². The Morgan fingerprint density at radius 3 is 3.05 bits per heavy atom. The van der Waals surface area contributed by atoms with Crippen molar-refractivity contribution in [1.82, 2.24) is 9.88 Å². The van der Waals surface area contributed by atoms with Gasteiger partial charge in [-0.15, -0.1) is 11.3 Å². The number of nitrogens with one attached hydrogen (secondary N) is 1. The van der Waals surface area contributed by atoms with Gasteiger partial charge in [0.2, 0.25) is 0 Å². The first-order valence-corrected chi connectivity index (χ1v) is 7.52. The number of morpholine rings is 1. The van der Waals surface area contributed by atoms with Crippen molar-refractivity contribution in [2.75, 3.05) is 44.7 Å². The molecule has 0 amide bonds. The molecule has 0 radical (unpaired) electrons. The van der Waals surface area contributed by atoms with E-state index in [-0.39, 0.29) is 0 Å². The van der Waals surface area contributed by atoms with E-state index in [1.165, 1.54) is 11.3 Å². The van der Waals surface area contributed by atoms with Gasteiger partial charge in [-0.25, -0.2) is 4.98 Å². The zero-order chi connectivity index (χ0) is 14.4. The van der Waals surface area contributed by atoms with Crippen LogP contribution in [0, 0.1) is 0 Å². The zero-order valence-electron chi connectivity index (χ0n) is 11.2. The van der Waals surface area contributed by atoms with Crippen molar-refractivity contribution in [3.63, 3.8) is 0 Å². The van der Waals surface area contributed by atoms with E-state index < -0.39 is 12.0 Å². The number of carboxylic acid groups (broad SMARTS) is 1. The van der Waals surface area contributed by atoms with Crippen LogP contribution < -0.4 is 11.1 Å². The van der Waals surface area contributed by atoms with Crippen molar-refractivity contribution >= 4 is 22.4 Å². The number of ether oxygens (including phenoxy) is 1. The molecule has 1 aromatic rings. The topological polar surface area (TPSA) is 101 Å². The van der Waals surface area contributed by atoms with Crippen LogP contribution in [0.4, 0.5) is 5.13 Å². The number of aliphatic carboxylic acids is 1. The fraction of sp³-hybridized carbons (Fsp3) is 0.667. The van der Waals surface area contributed by atoms with Crippen molar-refractivity contribution in [2.24, 2.45) is 5.73 Å². The van der Waals surface area contributed by atoms with Crippen LogP contribution in [0.25, 0.3) is 0 Å². The molecule has 1 saturated heterocycles. The largest absolute Gasteiger partial charge is 0.480 e. The fourth-order valence-corrected chi connectivity index (χ4v) is 2.73. The Morgan fingerprint density at radius 1 is 1.60 bits per heavy atom. The van der Waals surface area contributed by atoms with E-state index in [1.54, 1.807) is 5.38 Å². The highest BCUT2D eigenvalue weighted by atomic mass is 32.1. The van der Waals surface area contributed by atoms with E-state index in [1.807, 2.05) is 0 Å². The summed E-state index contributed by atoms with van der Waals surface area (Å²) in [5, 5.41) is 14.4. The SMILES string of the molecule is NC(C(=O)O)c1csc(NCCCN2CCOCC2)n1. The second-order valence-electron chi connectivity index (χ2n) is 4.63. The Kier molecular flexibility index (Phi) is 5.72. The number of aromatic nitrogens is 1. The normalized spacial score (nSPS) is 17.9. The molecule has 4 N–H and O–H groups in total. The smallest absolute Gasteiger partial charge is 0.326 e. The third-order valence-electron chi connectivity index (χ3n) is 3.14. The lowest BCUT2D eigenvalue weighted by Gasteiger charge is -2.26. The van der Waals surface area contributed by atoms with Crippen LogP contribution in [0.5, 0.6) is 0 Å². The molecule has 20 heavy (non-hydrogen) atoms. The maximum Gasteiger partial charge on any atom is 0.326 e. The third-order valence-corrected chi connectivity index (χ3v) is 3.96. The molecular weight excluding hydrogens is 280 g/mol. The number of nitrogens with two attached hydrogens (primary N) is 1. The summed E-state index contributed by atoms with van der Waals surface area (Å²) in [6, 6.07) is -1.05. The van der Waals surface area contributed by atoms with Crippen LogP contribution in [-0.4, -0.2) is 60.4 Å². The van der Waals surface area contributed by atoms with Crippen LogP contribution in [0.3, 0.4) is 0 Å². The second-order valence-corrected chi connectivity index (χ2v) is 5.49. The second kappa shape index (κ2) is 7.53. The molecule has 1 aromatic heterocycles. The highest BCUT2D eigenvalue weighted by molar-refractivity contribution is 7.13. The minimum absolute atomic E-state index is 0.401. The average molecular weight is 300 g/mol. The van der Waals surface area contributed by atoms with Gasteiger partial charge in [0.1, 0.15) is 6.04 Å². The molecule has 2 heterocycles. The minimum Gasteiger partial charge on any atom is -0.480 e. The monoisotopic (exact) mass is 300 g/mol. The van der Waals surface area contributed by atoms with E-state index in [9.17, 15) is 4.79 Å². The Bertz CT molecular complexity index is 434. The number of hydrogen-bond acceptors (Lipinski definition) is 7. The number of nitrogens with zero attached hydrogens (tertiary/aromatic N) is 2. The summed E-state index contributed by atoms with van der Waals surface area (Å²) >= 11 is 1.38. The Hall–Kier alpha value is -1.22. The molecule has 7 nitrogen and oxygen atoms in total. The first kappa shape index (κ1) is 15.2.